The van der Waals surface area contributed by atoms with Crippen LogP contribution in [0.5, 0.6) is 5.88 Å². The third-order valence-corrected chi connectivity index (χ3v) is 4.43. The Morgan fingerprint density at radius 1 is 0.920 bits per heavy atom. The summed E-state index contributed by atoms with van der Waals surface area (Å²) < 4.78 is 7.94. The van der Waals surface area contributed by atoms with E-state index in [-0.39, 0.29) is 0 Å². The Labute approximate surface area is 150 Å². The van der Waals surface area contributed by atoms with Gasteiger partial charge in [-0.15, -0.1) is 5.10 Å². The van der Waals surface area contributed by atoms with Gasteiger partial charge in [-0.3, -0.25) is 0 Å². The molecule has 0 aliphatic rings. The molecule has 2 aromatic carbocycles. The van der Waals surface area contributed by atoms with E-state index in [9.17, 15) is 0 Å². The van der Waals surface area contributed by atoms with Gasteiger partial charge in [0.25, 0.3) is 0 Å². The summed E-state index contributed by atoms with van der Waals surface area (Å²) in [5, 5.41) is 4.74. The van der Waals surface area contributed by atoms with Crippen LogP contribution in [0.3, 0.4) is 0 Å². The zero-order valence-electron chi connectivity index (χ0n) is 15.3. The number of hydrogen-bond donors (Lipinski definition) is 0. The summed E-state index contributed by atoms with van der Waals surface area (Å²) in [6, 6.07) is 19.0. The number of ether oxygens (including phenoxy) is 1. The number of hydrogen-bond acceptors (Lipinski definition) is 2. The minimum Gasteiger partial charge on any atom is -0.476 e. The molecular formula is C22H26N2O. The highest BCUT2D eigenvalue weighted by Crippen LogP contribution is 2.26. The Morgan fingerprint density at radius 2 is 1.64 bits per heavy atom. The number of para-hydroxylation sites is 1. The predicted octanol–water partition coefficient (Wildman–Crippen LogP) is 5.06. The second kappa shape index (κ2) is 8.02. The maximum atomic E-state index is 5.94. The first-order valence-electron chi connectivity index (χ1n) is 9.01. The van der Waals surface area contributed by atoms with Crippen molar-refractivity contribution in [3.8, 4) is 11.6 Å². The fourth-order valence-corrected chi connectivity index (χ4v) is 2.96. The van der Waals surface area contributed by atoms with Crippen LogP contribution < -0.4 is 4.74 Å². The Balaban J connectivity index is 1.87. The summed E-state index contributed by atoms with van der Waals surface area (Å²) >= 11 is 0. The molecule has 0 radical (unpaired) electrons. The van der Waals surface area contributed by atoms with E-state index in [2.05, 4.69) is 57.2 Å². The lowest BCUT2D eigenvalue weighted by molar-refractivity contribution is 0.300. The highest BCUT2D eigenvalue weighted by molar-refractivity contribution is 5.40. The molecule has 0 aliphatic carbocycles. The van der Waals surface area contributed by atoms with Crippen molar-refractivity contribution in [1.82, 2.24) is 9.78 Å². The SMILES string of the molecule is CCCOc1nn(-c2ccccc2)c(C)c1CCc1ccc(C)cc1. The van der Waals surface area contributed by atoms with E-state index < -0.39 is 0 Å². The molecule has 3 nitrogen and oxygen atoms in total. The van der Waals surface area contributed by atoms with Crippen molar-refractivity contribution >= 4 is 0 Å². The summed E-state index contributed by atoms with van der Waals surface area (Å²) in [6.07, 6.45) is 2.90. The van der Waals surface area contributed by atoms with Crippen LogP contribution in [0.4, 0.5) is 0 Å². The molecule has 0 atom stereocenters. The highest BCUT2D eigenvalue weighted by atomic mass is 16.5. The summed E-state index contributed by atoms with van der Waals surface area (Å²) in [7, 11) is 0. The second-order valence-corrected chi connectivity index (χ2v) is 6.45. The molecule has 1 aromatic heterocycles. The van der Waals surface area contributed by atoms with Gasteiger partial charge in [-0.25, -0.2) is 4.68 Å². The van der Waals surface area contributed by atoms with Crippen LogP contribution in [0.25, 0.3) is 5.69 Å². The van der Waals surface area contributed by atoms with Crippen molar-refractivity contribution in [2.45, 2.75) is 40.0 Å². The number of nitrogens with zero attached hydrogens (tertiary/aromatic N) is 2. The molecule has 0 fully saturated rings. The first kappa shape index (κ1) is 17.3. The summed E-state index contributed by atoms with van der Waals surface area (Å²) in [6.45, 7) is 7.06. The van der Waals surface area contributed by atoms with Gasteiger partial charge in [0, 0.05) is 11.3 Å². The largest absolute Gasteiger partial charge is 0.476 e. The van der Waals surface area contributed by atoms with E-state index in [0.717, 1.165) is 36.5 Å². The molecule has 1 heterocycles. The molecule has 0 saturated carbocycles. The van der Waals surface area contributed by atoms with E-state index in [0.29, 0.717) is 6.61 Å². The molecule has 3 rings (SSSR count). The van der Waals surface area contributed by atoms with Gasteiger partial charge >= 0.3 is 0 Å². The van der Waals surface area contributed by atoms with E-state index in [1.807, 2.05) is 22.9 Å². The van der Waals surface area contributed by atoms with Gasteiger partial charge in [-0.1, -0.05) is 55.0 Å². The van der Waals surface area contributed by atoms with Gasteiger partial charge in [0.15, 0.2) is 0 Å². The summed E-state index contributed by atoms with van der Waals surface area (Å²) in [5.41, 5.74) is 6.08. The zero-order chi connectivity index (χ0) is 17.6. The van der Waals surface area contributed by atoms with Crippen molar-refractivity contribution in [3.05, 3.63) is 77.0 Å². The van der Waals surface area contributed by atoms with Gasteiger partial charge in [-0.05, 0) is 50.8 Å². The topological polar surface area (TPSA) is 27.1 Å². The lowest BCUT2D eigenvalue weighted by atomic mass is 10.0. The van der Waals surface area contributed by atoms with Gasteiger partial charge in [0.1, 0.15) is 0 Å². The lowest BCUT2D eigenvalue weighted by Gasteiger charge is -2.06. The van der Waals surface area contributed by atoms with Crippen LogP contribution in [0.1, 0.15) is 35.7 Å². The minimum atomic E-state index is 0.697. The van der Waals surface area contributed by atoms with Crippen molar-refractivity contribution in [2.75, 3.05) is 6.61 Å². The van der Waals surface area contributed by atoms with Crippen LogP contribution in [0, 0.1) is 13.8 Å². The molecule has 0 spiro atoms. The van der Waals surface area contributed by atoms with Gasteiger partial charge < -0.3 is 4.74 Å². The first-order valence-corrected chi connectivity index (χ1v) is 9.01. The molecule has 0 bridgehead atoms. The molecule has 0 aliphatic heterocycles. The van der Waals surface area contributed by atoms with Crippen molar-refractivity contribution in [3.63, 3.8) is 0 Å². The number of aromatic nitrogens is 2. The smallest absolute Gasteiger partial charge is 0.236 e. The Hall–Kier alpha value is -2.55. The Kier molecular flexibility index (Phi) is 5.54. The fraction of sp³-hybridized carbons (Fsp3) is 0.318. The van der Waals surface area contributed by atoms with E-state index in [1.165, 1.54) is 16.7 Å². The van der Waals surface area contributed by atoms with Crippen molar-refractivity contribution < 1.29 is 4.74 Å². The lowest BCUT2D eigenvalue weighted by Crippen LogP contribution is -2.00. The van der Waals surface area contributed by atoms with E-state index in [1.54, 1.807) is 0 Å². The molecule has 0 amide bonds. The molecule has 3 aromatic rings. The molecular weight excluding hydrogens is 308 g/mol. The Morgan fingerprint density at radius 3 is 2.32 bits per heavy atom. The predicted molar refractivity (Wildman–Crippen MR) is 103 cm³/mol. The van der Waals surface area contributed by atoms with Crippen molar-refractivity contribution in [1.29, 1.82) is 0 Å². The number of rotatable bonds is 7. The van der Waals surface area contributed by atoms with E-state index >= 15 is 0 Å². The normalized spacial score (nSPS) is 10.8. The van der Waals surface area contributed by atoms with Crippen LogP contribution in [0.15, 0.2) is 54.6 Å². The van der Waals surface area contributed by atoms with Crippen LogP contribution in [-0.2, 0) is 12.8 Å². The standard InChI is InChI=1S/C22H26N2O/c1-4-16-25-22-21(15-14-19-12-10-17(2)11-13-19)18(3)24(23-22)20-8-6-5-7-9-20/h5-13H,4,14-16H2,1-3H3. The maximum absolute atomic E-state index is 5.94. The average Bonchev–Trinajstić information content (AvgIpc) is 2.96. The number of benzene rings is 2. The zero-order valence-corrected chi connectivity index (χ0v) is 15.3. The van der Waals surface area contributed by atoms with Crippen molar-refractivity contribution in [2.24, 2.45) is 0 Å². The monoisotopic (exact) mass is 334 g/mol. The average molecular weight is 334 g/mol. The number of aryl methyl sites for hydroxylation is 2. The first-order chi connectivity index (χ1) is 12.2. The molecule has 0 saturated heterocycles. The molecule has 0 unspecified atom stereocenters. The molecule has 130 valence electrons. The fourth-order valence-electron chi connectivity index (χ4n) is 2.96. The molecule has 0 N–H and O–H groups in total. The van der Waals surface area contributed by atoms with Crippen LogP contribution in [-0.4, -0.2) is 16.4 Å². The van der Waals surface area contributed by atoms with E-state index in [4.69, 9.17) is 9.84 Å². The minimum absolute atomic E-state index is 0.697. The van der Waals surface area contributed by atoms with Crippen LogP contribution >= 0.6 is 0 Å². The second-order valence-electron chi connectivity index (χ2n) is 6.45. The summed E-state index contributed by atoms with van der Waals surface area (Å²) in [4.78, 5) is 0. The van der Waals surface area contributed by atoms with Gasteiger partial charge in [0.05, 0.1) is 12.3 Å². The maximum Gasteiger partial charge on any atom is 0.236 e. The van der Waals surface area contributed by atoms with Gasteiger partial charge in [0.2, 0.25) is 5.88 Å². The summed E-state index contributed by atoms with van der Waals surface area (Å²) in [5.74, 6) is 0.773. The Bertz CT molecular complexity index is 804. The van der Waals surface area contributed by atoms with Gasteiger partial charge in [-0.2, -0.15) is 0 Å². The third kappa shape index (κ3) is 4.11. The quantitative estimate of drug-likeness (QED) is 0.603. The molecule has 3 heteroatoms. The van der Waals surface area contributed by atoms with Crippen LogP contribution in [0.2, 0.25) is 0 Å². The third-order valence-electron chi connectivity index (χ3n) is 4.43. The molecule has 25 heavy (non-hydrogen) atoms. The highest BCUT2D eigenvalue weighted by Gasteiger charge is 2.17.